The Morgan fingerprint density at radius 3 is 2.39 bits per heavy atom. The molecule has 0 fully saturated rings. The fraction of sp³-hybridized carbons (Fsp3) is 0.158. The van der Waals surface area contributed by atoms with E-state index in [1.165, 1.54) is 0 Å². The summed E-state index contributed by atoms with van der Waals surface area (Å²) in [7, 11) is 0. The maximum atomic E-state index is 8.96. The van der Waals surface area contributed by atoms with Crippen LogP contribution in [-0.4, -0.2) is 21.7 Å². The monoisotopic (exact) mass is 305 g/mol. The number of nitrogens with zero attached hydrogens (tertiary/aromatic N) is 2. The lowest BCUT2D eigenvalue weighted by Gasteiger charge is -2.09. The first-order chi connectivity index (χ1) is 11.2. The maximum Gasteiger partial charge on any atom is 0.161 e. The molecule has 0 amide bonds. The van der Waals surface area contributed by atoms with E-state index in [4.69, 9.17) is 5.11 Å². The number of hydrogen-bond donors (Lipinski definition) is 2. The highest BCUT2D eigenvalue weighted by Crippen LogP contribution is 2.20. The molecule has 0 saturated carbocycles. The van der Waals surface area contributed by atoms with Crippen molar-refractivity contribution in [2.24, 2.45) is 0 Å². The zero-order chi connectivity index (χ0) is 16.1. The van der Waals surface area contributed by atoms with E-state index in [-0.39, 0.29) is 6.61 Å². The molecule has 0 atom stereocenters. The first kappa shape index (κ1) is 15.2. The van der Waals surface area contributed by atoms with E-state index >= 15 is 0 Å². The molecular formula is C19H19N3O. The number of aliphatic hydroxyl groups excluding tert-OH is 1. The molecule has 0 radical (unpaired) electrons. The standard InChI is InChI=1S/C19H19N3O/c1-14-13-18(21-17-9-7-15(8-10-17)11-12-23)22-19(20-14)16-5-3-2-4-6-16/h2-10,13,23H,11-12H2,1H3,(H,20,21,22). The van der Waals surface area contributed by atoms with Crippen LogP contribution in [0.5, 0.6) is 0 Å². The molecule has 4 nitrogen and oxygen atoms in total. The highest BCUT2D eigenvalue weighted by Gasteiger charge is 2.05. The minimum Gasteiger partial charge on any atom is -0.396 e. The van der Waals surface area contributed by atoms with E-state index < -0.39 is 0 Å². The number of hydrogen-bond acceptors (Lipinski definition) is 4. The molecule has 0 aliphatic rings. The van der Waals surface area contributed by atoms with Crippen LogP contribution in [0.15, 0.2) is 60.7 Å². The largest absolute Gasteiger partial charge is 0.396 e. The Labute approximate surface area is 135 Å². The number of aliphatic hydroxyl groups is 1. The van der Waals surface area contributed by atoms with Gasteiger partial charge in [0.15, 0.2) is 5.82 Å². The van der Waals surface area contributed by atoms with E-state index in [1.807, 2.05) is 67.6 Å². The van der Waals surface area contributed by atoms with Crippen molar-refractivity contribution >= 4 is 11.5 Å². The highest BCUT2D eigenvalue weighted by molar-refractivity contribution is 5.61. The van der Waals surface area contributed by atoms with E-state index in [9.17, 15) is 0 Å². The predicted octanol–water partition coefficient (Wildman–Crippen LogP) is 3.73. The average molecular weight is 305 g/mol. The average Bonchev–Trinajstić information content (AvgIpc) is 2.57. The van der Waals surface area contributed by atoms with Crippen LogP contribution in [0.4, 0.5) is 11.5 Å². The number of anilines is 2. The van der Waals surface area contributed by atoms with Crippen molar-refractivity contribution in [1.82, 2.24) is 9.97 Å². The fourth-order valence-electron chi connectivity index (χ4n) is 2.38. The lowest BCUT2D eigenvalue weighted by Crippen LogP contribution is -1.99. The molecule has 0 unspecified atom stereocenters. The first-order valence-corrected chi connectivity index (χ1v) is 7.62. The minimum absolute atomic E-state index is 0.165. The van der Waals surface area contributed by atoms with Crippen molar-refractivity contribution in [1.29, 1.82) is 0 Å². The zero-order valence-corrected chi connectivity index (χ0v) is 13.0. The Balaban J connectivity index is 1.84. The van der Waals surface area contributed by atoms with Gasteiger partial charge in [-0.25, -0.2) is 9.97 Å². The number of rotatable bonds is 5. The summed E-state index contributed by atoms with van der Waals surface area (Å²) in [6, 6.07) is 19.9. The van der Waals surface area contributed by atoms with Gasteiger partial charge in [-0.3, -0.25) is 0 Å². The molecule has 0 spiro atoms. The molecule has 23 heavy (non-hydrogen) atoms. The molecule has 2 N–H and O–H groups in total. The lowest BCUT2D eigenvalue weighted by molar-refractivity contribution is 0.299. The van der Waals surface area contributed by atoms with Gasteiger partial charge in [-0.1, -0.05) is 42.5 Å². The second kappa shape index (κ2) is 7.03. The topological polar surface area (TPSA) is 58.0 Å². The van der Waals surface area contributed by atoms with Crippen LogP contribution in [0.2, 0.25) is 0 Å². The van der Waals surface area contributed by atoms with Gasteiger partial charge in [-0.2, -0.15) is 0 Å². The van der Waals surface area contributed by atoms with Crippen molar-refractivity contribution < 1.29 is 5.11 Å². The van der Waals surface area contributed by atoms with E-state index in [0.717, 1.165) is 28.3 Å². The van der Waals surface area contributed by atoms with E-state index in [1.54, 1.807) is 0 Å². The fourth-order valence-corrected chi connectivity index (χ4v) is 2.38. The van der Waals surface area contributed by atoms with Gasteiger partial charge in [-0.05, 0) is 31.0 Å². The van der Waals surface area contributed by atoms with E-state index in [2.05, 4.69) is 15.3 Å². The Morgan fingerprint density at radius 1 is 0.957 bits per heavy atom. The molecule has 3 aromatic rings. The molecule has 116 valence electrons. The molecule has 0 aliphatic heterocycles. The summed E-state index contributed by atoms with van der Waals surface area (Å²) in [5.74, 6) is 1.48. The van der Waals surface area contributed by atoms with Crippen molar-refractivity contribution in [2.45, 2.75) is 13.3 Å². The Morgan fingerprint density at radius 2 is 1.70 bits per heavy atom. The SMILES string of the molecule is Cc1cc(Nc2ccc(CCO)cc2)nc(-c2ccccc2)n1. The third-order valence-corrected chi connectivity index (χ3v) is 3.51. The molecule has 1 aromatic heterocycles. The summed E-state index contributed by atoms with van der Waals surface area (Å²) in [6.45, 7) is 2.13. The van der Waals surface area contributed by atoms with Crippen molar-refractivity contribution in [3.05, 3.63) is 71.9 Å². The summed E-state index contributed by atoms with van der Waals surface area (Å²) in [5, 5.41) is 12.3. The van der Waals surface area contributed by atoms with Crippen LogP contribution < -0.4 is 5.32 Å². The zero-order valence-electron chi connectivity index (χ0n) is 13.0. The summed E-state index contributed by atoms with van der Waals surface area (Å²) < 4.78 is 0. The van der Waals surface area contributed by atoms with Crippen LogP contribution in [0.3, 0.4) is 0 Å². The second-order valence-corrected chi connectivity index (χ2v) is 5.38. The van der Waals surface area contributed by atoms with Gasteiger partial charge in [0.25, 0.3) is 0 Å². The quantitative estimate of drug-likeness (QED) is 0.754. The molecule has 0 saturated heterocycles. The van der Waals surface area contributed by atoms with Gasteiger partial charge >= 0.3 is 0 Å². The van der Waals surface area contributed by atoms with Crippen molar-refractivity contribution in [2.75, 3.05) is 11.9 Å². The third-order valence-electron chi connectivity index (χ3n) is 3.51. The molecule has 2 aromatic carbocycles. The van der Waals surface area contributed by atoms with Crippen LogP contribution in [0.25, 0.3) is 11.4 Å². The van der Waals surface area contributed by atoms with Crippen LogP contribution in [0.1, 0.15) is 11.3 Å². The van der Waals surface area contributed by atoms with Gasteiger partial charge in [0.05, 0.1) is 0 Å². The van der Waals surface area contributed by atoms with Crippen molar-refractivity contribution in [3.63, 3.8) is 0 Å². The van der Waals surface area contributed by atoms with Gasteiger partial charge in [-0.15, -0.1) is 0 Å². The van der Waals surface area contributed by atoms with E-state index in [0.29, 0.717) is 12.2 Å². The smallest absolute Gasteiger partial charge is 0.161 e. The maximum absolute atomic E-state index is 8.96. The highest BCUT2D eigenvalue weighted by atomic mass is 16.2. The summed E-state index contributed by atoms with van der Waals surface area (Å²) in [5.41, 5.74) is 3.99. The minimum atomic E-state index is 0.165. The number of aromatic nitrogens is 2. The summed E-state index contributed by atoms with van der Waals surface area (Å²) >= 11 is 0. The van der Waals surface area contributed by atoms with Crippen LogP contribution in [0, 0.1) is 6.92 Å². The Bertz CT molecular complexity index is 770. The number of aryl methyl sites for hydroxylation is 1. The molecule has 4 heteroatoms. The number of benzene rings is 2. The first-order valence-electron chi connectivity index (χ1n) is 7.62. The number of nitrogens with one attached hydrogen (secondary N) is 1. The molecule has 3 rings (SSSR count). The normalized spacial score (nSPS) is 10.5. The Hall–Kier alpha value is -2.72. The molecule has 0 aliphatic carbocycles. The second-order valence-electron chi connectivity index (χ2n) is 5.38. The lowest BCUT2D eigenvalue weighted by atomic mass is 10.1. The van der Waals surface area contributed by atoms with Gasteiger partial charge in [0, 0.05) is 29.6 Å². The Kier molecular flexibility index (Phi) is 4.64. The van der Waals surface area contributed by atoms with Crippen LogP contribution in [-0.2, 0) is 6.42 Å². The molecular weight excluding hydrogens is 286 g/mol. The summed E-state index contributed by atoms with van der Waals surface area (Å²) in [6.07, 6.45) is 0.672. The third kappa shape index (κ3) is 3.93. The van der Waals surface area contributed by atoms with Crippen LogP contribution >= 0.6 is 0 Å². The molecule has 1 heterocycles. The van der Waals surface area contributed by atoms with Gasteiger partial charge in [0.2, 0.25) is 0 Å². The van der Waals surface area contributed by atoms with Crippen molar-refractivity contribution in [3.8, 4) is 11.4 Å². The van der Waals surface area contributed by atoms with Gasteiger partial charge < -0.3 is 10.4 Å². The molecule has 0 bridgehead atoms. The summed E-state index contributed by atoms with van der Waals surface area (Å²) in [4.78, 5) is 9.10. The predicted molar refractivity (Wildman–Crippen MR) is 92.7 cm³/mol. The van der Waals surface area contributed by atoms with Gasteiger partial charge in [0.1, 0.15) is 5.82 Å².